The molecule has 1 aliphatic heterocycles. The van der Waals surface area contributed by atoms with Gasteiger partial charge in [-0.25, -0.2) is 0 Å². The van der Waals surface area contributed by atoms with Crippen molar-refractivity contribution in [3.05, 3.63) is 0 Å². The van der Waals surface area contributed by atoms with Gasteiger partial charge in [-0.05, 0) is 12.8 Å². The molecule has 15 heavy (non-hydrogen) atoms. The highest BCUT2D eigenvalue weighted by Crippen LogP contribution is 2.46. The van der Waals surface area contributed by atoms with Crippen molar-refractivity contribution in [3.63, 3.8) is 0 Å². The summed E-state index contributed by atoms with van der Waals surface area (Å²) in [5.74, 6) is -0.0222. The second-order valence-corrected chi connectivity index (χ2v) is 3.97. The van der Waals surface area contributed by atoms with Crippen LogP contribution in [0.4, 0.5) is 0 Å². The molecule has 2 amide bonds. The molecule has 0 spiro atoms. The van der Waals surface area contributed by atoms with Gasteiger partial charge < -0.3 is 9.84 Å². The molecule has 2 fully saturated rings. The number of ether oxygens (including phenoxy) is 1. The van der Waals surface area contributed by atoms with Gasteiger partial charge in [0.1, 0.15) is 0 Å². The average Bonchev–Trinajstić information content (AvgIpc) is 2.97. The number of fused-ring (bicyclic) bond motifs is 1. The minimum absolute atomic E-state index is 0.00383. The summed E-state index contributed by atoms with van der Waals surface area (Å²) in [6.07, 6.45) is 1.41. The molecule has 2 unspecified atom stereocenters. The molecule has 5 heteroatoms. The first-order valence-corrected chi connectivity index (χ1v) is 5.29. The molecule has 0 aromatic heterocycles. The molecule has 1 N–H and O–H groups in total. The van der Waals surface area contributed by atoms with Crippen molar-refractivity contribution >= 4 is 11.8 Å². The summed E-state index contributed by atoms with van der Waals surface area (Å²) in [4.78, 5) is 24.4. The molecule has 1 saturated carbocycles. The van der Waals surface area contributed by atoms with Gasteiger partial charge in [-0.2, -0.15) is 0 Å². The second kappa shape index (κ2) is 4.28. The SMILES string of the molecule is O=C1C2CC2C(=O)N1CCCOCCO. The number of piperidine rings is 1. The number of likely N-dealkylation sites (tertiary alicyclic amines) is 1. The Kier molecular flexibility index (Phi) is 3.02. The van der Waals surface area contributed by atoms with E-state index in [9.17, 15) is 9.59 Å². The highest BCUT2D eigenvalue weighted by molar-refractivity contribution is 6.08. The average molecular weight is 213 g/mol. The Labute approximate surface area is 88.0 Å². The third kappa shape index (κ3) is 2.03. The molecule has 84 valence electrons. The molecule has 0 aromatic carbocycles. The summed E-state index contributed by atoms with van der Waals surface area (Å²) in [6, 6.07) is 0. The van der Waals surface area contributed by atoms with E-state index in [1.807, 2.05) is 0 Å². The number of aliphatic hydroxyl groups is 1. The highest BCUT2D eigenvalue weighted by Gasteiger charge is 2.58. The molecule has 5 nitrogen and oxygen atoms in total. The van der Waals surface area contributed by atoms with Crippen LogP contribution in [0.5, 0.6) is 0 Å². The van der Waals surface area contributed by atoms with Gasteiger partial charge in [-0.1, -0.05) is 0 Å². The van der Waals surface area contributed by atoms with Crippen LogP contribution in [0.2, 0.25) is 0 Å². The molecule has 2 rings (SSSR count). The lowest BCUT2D eigenvalue weighted by atomic mass is 10.3. The van der Waals surface area contributed by atoms with Crippen LogP contribution in [0.1, 0.15) is 12.8 Å². The number of amides is 2. The van der Waals surface area contributed by atoms with Gasteiger partial charge in [0, 0.05) is 13.2 Å². The van der Waals surface area contributed by atoms with Crippen molar-refractivity contribution < 1.29 is 19.4 Å². The molecule has 2 aliphatic rings. The maximum atomic E-state index is 11.5. The van der Waals surface area contributed by atoms with E-state index < -0.39 is 0 Å². The summed E-state index contributed by atoms with van der Waals surface area (Å²) in [7, 11) is 0. The number of carbonyl (C=O) groups is 2. The van der Waals surface area contributed by atoms with Crippen LogP contribution in [0, 0.1) is 11.8 Å². The maximum absolute atomic E-state index is 11.5. The molecule has 1 heterocycles. The minimum Gasteiger partial charge on any atom is -0.394 e. The van der Waals surface area contributed by atoms with Gasteiger partial charge in [0.05, 0.1) is 25.0 Å². The second-order valence-electron chi connectivity index (χ2n) is 3.97. The fraction of sp³-hybridized carbons (Fsp3) is 0.800. The van der Waals surface area contributed by atoms with Crippen molar-refractivity contribution in [2.75, 3.05) is 26.4 Å². The fourth-order valence-corrected chi connectivity index (χ4v) is 1.96. The van der Waals surface area contributed by atoms with E-state index in [-0.39, 0.29) is 30.3 Å². The zero-order chi connectivity index (χ0) is 10.8. The Morgan fingerprint density at radius 2 is 1.93 bits per heavy atom. The van der Waals surface area contributed by atoms with Gasteiger partial charge in [0.15, 0.2) is 0 Å². The van der Waals surface area contributed by atoms with E-state index >= 15 is 0 Å². The maximum Gasteiger partial charge on any atom is 0.233 e. The van der Waals surface area contributed by atoms with Crippen LogP contribution in [0.15, 0.2) is 0 Å². The molecular formula is C10H15NO4. The number of hydrogen-bond donors (Lipinski definition) is 1. The van der Waals surface area contributed by atoms with Gasteiger partial charge in [0.2, 0.25) is 11.8 Å². The van der Waals surface area contributed by atoms with Crippen LogP contribution in [0.3, 0.4) is 0 Å². The number of carbonyl (C=O) groups excluding carboxylic acids is 2. The quantitative estimate of drug-likeness (QED) is 0.472. The topological polar surface area (TPSA) is 66.8 Å². The lowest BCUT2D eigenvalue weighted by Gasteiger charge is -2.15. The van der Waals surface area contributed by atoms with Gasteiger partial charge in [0.25, 0.3) is 0 Å². The van der Waals surface area contributed by atoms with Crippen molar-refractivity contribution in [1.29, 1.82) is 0 Å². The molecule has 0 bridgehead atoms. The van der Waals surface area contributed by atoms with Crippen LogP contribution >= 0.6 is 0 Å². The number of imide groups is 1. The van der Waals surface area contributed by atoms with Crippen molar-refractivity contribution in [2.24, 2.45) is 11.8 Å². The summed E-state index contributed by atoms with van der Waals surface area (Å²) in [6.45, 7) is 1.25. The Hall–Kier alpha value is -0.940. The first kappa shape index (κ1) is 10.6. The smallest absolute Gasteiger partial charge is 0.233 e. The summed E-state index contributed by atoms with van der Waals surface area (Å²) in [5, 5.41) is 8.46. The molecule has 1 aliphatic carbocycles. The number of aliphatic hydroxyl groups excluding tert-OH is 1. The molecule has 0 radical (unpaired) electrons. The predicted octanol–water partition coefficient (Wildman–Crippen LogP) is -0.610. The highest BCUT2D eigenvalue weighted by atomic mass is 16.5. The number of nitrogens with zero attached hydrogens (tertiary/aromatic N) is 1. The monoisotopic (exact) mass is 213 g/mol. The summed E-state index contributed by atoms with van der Waals surface area (Å²) >= 11 is 0. The summed E-state index contributed by atoms with van der Waals surface area (Å²) < 4.78 is 5.05. The fourth-order valence-electron chi connectivity index (χ4n) is 1.96. The van der Waals surface area contributed by atoms with Gasteiger partial charge in [-0.3, -0.25) is 14.5 Å². The van der Waals surface area contributed by atoms with Crippen molar-refractivity contribution in [1.82, 2.24) is 4.90 Å². The number of rotatable bonds is 6. The van der Waals surface area contributed by atoms with Gasteiger partial charge in [-0.15, -0.1) is 0 Å². The zero-order valence-corrected chi connectivity index (χ0v) is 8.52. The third-order valence-electron chi connectivity index (χ3n) is 2.86. The Morgan fingerprint density at radius 3 is 2.53 bits per heavy atom. The Balaban J connectivity index is 1.67. The predicted molar refractivity (Wildman–Crippen MR) is 50.8 cm³/mol. The Morgan fingerprint density at radius 1 is 1.27 bits per heavy atom. The lowest BCUT2D eigenvalue weighted by molar-refractivity contribution is -0.141. The van der Waals surface area contributed by atoms with E-state index in [0.717, 1.165) is 6.42 Å². The standard InChI is InChI=1S/C10H15NO4/c12-3-5-15-4-1-2-11-9(13)7-6-8(7)10(11)14/h7-8,12H,1-6H2. The Bertz CT molecular complexity index is 259. The lowest BCUT2D eigenvalue weighted by Crippen LogP contribution is -2.34. The minimum atomic E-state index is -0.00726. The van der Waals surface area contributed by atoms with Crippen LogP contribution in [0.25, 0.3) is 0 Å². The normalized spacial score (nSPS) is 28.5. The van der Waals surface area contributed by atoms with Crippen molar-refractivity contribution in [2.45, 2.75) is 12.8 Å². The molecular weight excluding hydrogens is 198 g/mol. The molecule has 2 atom stereocenters. The number of hydrogen-bond acceptors (Lipinski definition) is 4. The van der Waals surface area contributed by atoms with E-state index in [1.165, 1.54) is 4.90 Å². The largest absolute Gasteiger partial charge is 0.394 e. The summed E-state index contributed by atoms with van der Waals surface area (Å²) in [5.41, 5.74) is 0. The van der Waals surface area contributed by atoms with E-state index in [2.05, 4.69) is 0 Å². The van der Waals surface area contributed by atoms with Crippen molar-refractivity contribution in [3.8, 4) is 0 Å². The van der Waals surface area contributed by atoms with E-state index in [0.29, 0.717) is 26.2 Å². The van der Waals surface area contributed by atoms with Crippen LogP contribution in [-0.4, -0.2) is 48.2 Å². The third-order valence-corrected chi connectivity index (χ3v) is 2.86. The van der Waals surface area contributed by atoms with E-state index in [1.54, 1.807) is 0 Å². The van der Waals surface area contributed by atoms with Gasteiger partial charge >= 0.3 is 0 Å². The van der Waals surface area contributed by atoms with E-state index in [4.69, 9.17) is 9.84 Å². The van der Waals surface area contributed by atoms with Crippen LogP contribution in [-0.2, 0) is 14.3 Å². The molecule has 1 saturated heterocycles. The van der Waals surface area contributed by atoms with Crippen LogP contribution < -0.4 is 0 Å². The first-order chi connectivity index (χ1) is 7.25. The first-order valence-electron chi connectivity index (χ1n) is 5.29. The molecule has 0 aromatic rings. The zero-order valence-electron chi connectivity index (χ0n) is 8.52.